The van der Waals surface area contributed by atoms with Crippen LogP contribution in [0.15, 0.2) is 59.8 Å². The molecule has 1 amide bonds. The summed E-state index contributed by atoms with van der Waals surface area (Å²) in [5.41, 5.74) is 6.84. The molecule has 164 valence electrons. The first-order valence-electron chi connectivity index (χ1n) is 10.7. The number of aromatic nitrogens is 4. The number of nitrogens with zero attached hydrogens (tertiary/aromatic N) is 4. The minimum absolute atomic E-state index is 0.0225. The van der Waals surface area contributed by atoms with Crippen molar-refractivity contribution in [3.05, 3.63) is 88.2 Å². The van der Waals surface area contributed by atoms with E-state index in [1.165, 1.54) is 28.5 Å². The predicted molar refractivity (Wildman–Crippen MR) is 128 cm³/mol. The lowest BCUT2D eigenvalue weighted by Gasteiger charge is -2.10. The van der Waals surface area contributed by atoms with Gasteiger partial charge in [0, 0.05) is 24.4 Å². The maximum absolute atomic E-state index is 12.2. The minimum atomic E-state index is -0.0225. The Kier molecular flexibility index (Phi) is 6.85. The molecular weight excluding hydrogens is 418 g/mol. The Bertz CT molecular complexity index is 1220. The molecule has 0 aliphatic heterocycles. The maximum Gasteiger partial charge on any atom is 0.253 e. The first-order valence-corrected chi connectivity index (χ1v) is 11.7. The zero-order chi connectivity index (χ0) is 22.5. The van der Waals surface area contributed by atoms with Crippen molar-refractivity contribution in [1.29, 1.82) is 0 Å². The van der Waals surface area contributed by atoms with E-state index in [0.29, 0.717) is 17.5 Å². The minimum Gasteiger partial charge on any atom is -0.355 e. The largest absolute Gasteiger partial charge is 0.355 e. The molecule has 0 unspecified atom stereocenters. The smallest absolute Gasteiger partial charge is 0.253 e. The second-order valence-electron chi connectivity index (χ2n) is 7.90. The SMILES string of the molecule is Cc1ccc(Cc2c(C)nc3nc(SCC(=O)NCCc4ccccc4)nn3c2C)cc1. The molecule has 0 bridgehead atoms. The van der Waals surface area contributed by atoms with Crippen LogP contribution in [-0.2, 0) is 17.6 Å². The van der Waals surface area contributed by atoms with Gasteiger partial charge in [-0.2, -0.15) is 4.98 Å². The second kappa shape index (κ2) is 9.96. The Morgan fingerprint density at radius 2 is 1.72 bits per heavy atom. The van der Waals surface area contributed by atoms with Crippen LogP contribution in [0.3, 0.4) is 0 Å². The number of nitrogens with one attached hydrogen (secondary N) is 1. The molecule has 7 heteroatoms. The number of benzene rings is 2. The van der Waals surface area contributed by atoms with Gasteiger partial charge < -0.3 is 5.32 Å². The summed E-state index contributed by atoms with van der Waals surface area (Å²) in [5.74, 6) is 0.824. The molecule has 0 radical (unpaired) electrons. The van der Waals surface area contributed by atoms with E-state index in [0.717, 1.165) is 29.8 Å². The number of carbonyl (C=O) groups is 1. The van der Waals surface area contributed by atoms with Gasteiger partial charge in [-0.05, 0) is 43.9 Å². The summed E-state index contributed by atoms with van der Waals surface area (Å²) in [6.45, 7) is 6.76. The highest BCUT2D eigenvalue weighted by molar-refractivity contribution is 7.99. The third-order valence-corrected chi connectivity index (χ3v) is 6.28. The Balaban J connectivity index is 1.39. The van der Waals surface area contributed by atoms with E-state index in [1.807, 2.05) is 32.0 Å². The van der Waals surface area contributed by atoms with Crippen LogP contribution in [0.2, 0.25) is 0 Å². The van der Waals surface area contributed by atoms with Crippen molar-refractivity contribution in [2.24, 2.45) is 0 Å². The highest BCUT2D eigenvalue weighted by Crippen LogP contribution is 2.20. The van der Waals surface area contributed by atoms with Gasteiger partial charge in [0.25, 0.3) is 5.78 Å². The fourth-order valence-corrected chi connectivity index (χ4v) is 4.24. The Morgan fingerprint density at radius 1 is 0.969 bits per heavy atom. The van der Waals surface area contributed by atoms with E-state index in [1.54, 1.807) is 4.52 Å². The number of rotatable bonds is 8. The van der Waals surface area contributed by atoms with Crippen molar-refractivity contribution in [3.63, 3.8) is 0 Å². The van der Waals surface area contributed by atoms with E-state index in [4.69, 9.17) is 0 Å². The zero-order valence-corrected chi connectivity index (χ0v) is 19.4. The lowest BCUT2D eigenvalue weighted by Crippen LogP contribution is -2.27. The fraction of sp³-hybridized carbons (Fsp3) is 0.280. The molecular formula is C25H27N5OS. The molecule has 0 atom stereocenters. The molecule has 4 rings (SSSR count). The van der Waals surface area contributed by atoms with Gasteiger partial charge >= 0.3 is 0 Å². The zero-order valence-electron chi connectivity index (χ0n) is 18.6. The Labute approximate surface area is 192 Å². The van der Waals surface area contributed by atoms with E-state index in [2.05, 4.69) is 63.7 Å². The lowest BCUT2D eigenvalue weighted by molar-refractivity contribution is -0.118. The molecule has 0 aliphatic carbocycles. The average Bonchev–Trinajstić information content (AvgIpc) is 3.20. The van der Waals surface area contributed by atoms with Gasteiger partial charge in [0.05, 0.1) is 5.75 Å². The molecule has 2 aromatic heterocycles. The molecule has 2 aromatic carbocycles. The summed E-state index contributed by atoms with van der Waals surface area (Å²) in [6, 6.07) is 18.7. The summed E-state index contributed by atoms with van der Waals surface area (Å²) >= 11 is 1.33. The number of amides is 1. The van der Waals surface area contributed by atoms with Crippen molar-refractivity contribution in [2.75, 3.05) is 12.3 Å². The van der Waals surface area contributed by atoms with Crippen molar-refractivity contribution >= 4 is 23.4 Å². The molecule has 0 aliphatic rings. The highest BCUT2D eigenvalue weighted by atomic mass is 32.2. The molecule has 32 heavy (non-hydrogen) atoms. The predicted octanol–water partition coefficient (Wildman–Crippen LogP) is 4.09. The molecule has 2 heterocycles. The summed E-state index contributed by atoms with van der Waals surface area (Å²) < 4.78 is 1.78. The van der Waals surface area contributed by atoms with Crippen molar-refractivity contribution in [1.82, 2.24) is 24.9 Å². The molecule has 4 aromatic rings. The molecule has 0 saturated carbocycles. The number of aryl methyl sites for hydroxylation is 3. The van der Waals surface area contributed by atoms with Gasteiger partial charge in [-0.1, -0.05) is 71.9 Å². The summed E-state index contributed by atoms with van der Waals surface area (Å²) in [6.07, 6.45) is 1.61. The van der Waals surface area contributed by atoms with Gasteiger partial charge in [-0.25, -0.2) is 9.50 Å². The topological polar surface area (TPSA) is 72.2 Å². The van der Waals surface area contributed by atoms with Crippen LogP contribution in [-0.4, -0.2) is 37.8 Å². The van der Waals surface area contributed by atoms with Crippen molar-refractivity contribution in [2.45, 2.75) is 38.8 Å². The van der Waals surface area contributed by atoms with E-state index in [-0.39, 0.29) is 11.7 Å². The first kappa shape index (κ1) is 22.0. The normalized spacial score (nSPS) is 11.1. The second-order valence-corrected chi connectivity index (χ2v) is 8.85. The first-order chi connectivity index (χ1) is 15.5. The molecule has 0 fully saturated rings. The molecule has 1 N–H and O–H groups in total. The van der Waals surface area contributed by atoms with Crippen molar-refractivity contribution < 1.29 is 4.79 Å². The van der Waals surface area contributed by atoms with Crippen LogP contribution in [0.25, 0.3) is 5.78 Å². The van der Waals surface area contributed by atoms with Gasteiger partial charge in [0.15, 0.2) is 0 Å². The average molecular weight is 446 g/mol. The summed E-state index contributed by atoms with van der Waals surface area (Å²) in [7, 11) is 0. The molecule has 0 saturated heterocycles. The van der Waals surface area contributed by atoms with Crippen LogP contribution >= 0.6 is 11.8 Å². The monoisotopic (exact) mass is 445 g/mol. The fourth-order valence-electron chi connectivity index (χ4n) is 3.59. The van der Waals surface area contributed by atoms with Crippen LogP contribution in [0.1, 0.15) is 33.6 Å². The van der Waals surface area contributed by atoms with Crippen LogP contribution in [0, 0.1) is 20.8 Å². The molecule has 0 spiro atoms. The Hall–Kier alpha value is -3.19. The van der Waals surface area contributed by atoms with Crippen LogP contribution in [0.5, 0.6) is 0 Å². The highest BCUT2D eigenvalue weighted by Gasteiger charge is 2.15. The van der Waals surface area contributed by atoms with Gasteiger partial charge in [0.1, 0.15) is 0 Å². The van der Waals surface area contributed by atoms with Gasteiger partial charge in [-0.3, -0.25) is 4.79 Å². The number of fused-ring (bicyclic) bond motifs is 1. The van der Waals surface area contributed by atoms with E-state index in [9.17, 15) is 4.79 Å². The van der Waals surface area contributed by atoms with Crippen LogP contribution < -0.4 is 5.32 Å². The summed E-state index contributed by atoms with van der Waals surface area (Å²) in [4.78, 5) is 21.4. The maximum atomic E-state index is 12.2. The number of hydrogen-bond donors (Lipinski definition) is 1. The summed E-state index contributed by atoms with van der Waals surface area (Å²) in [5, 5.41) is 8.11. The lowest BCUT2D eigenvalue weighted by atomic mass is 10.0. The third-order valence-electron chi connectivity index (χ3n) is 5.44. The van der Waals surface area contributed by atoms with E-state index >= 15 is 0 Å². The number of carbonyl (C=O) groups excluding carboxylic acids is 1. The molecule has 6 nitrogen and oxygen atoms in total. The third kappa shape index (κ3) is 5.34. The number of hydrogen-bond acceptors (Lipinski definition) is 5. The quantitative estimate of drug-likeness (QED) is 0.414. The van der Waals surface area contributed by atoms with Crippen molar-refractivity contribution in [3.8, 4) is 0 Å². The number of thioether (sulfide) groups is 1. The Morgan fingerprint density at radius 3 is 2.47 bits per heavy atom. The standard InChI is InChI=1S/C25H27N5OS/c1-17-9-11-21(12-10-17)15-22-18(2)27-24-28-25(29-30(24)19(22)3)32-16-23(31)26-14-13-20-7-5-4-6-8-20/h4-12H,13-16H2,1-3H3,(H,26,31). The van der Waals surface area contributed by atoms with E-state index < -0.39 is 0 Å². The van der Waals surface area contributed by atoms with Gasteiger partial charge in [-0.15, -0.1) is 5.10 Å². The van der Waals surface area contributed by atoms with Crippen LogP contribution in [0.4, 0.5) is 0 Å². The van der Waals surface area contributed by atoms with Gasteiger partial charge in [0.2, 0.25) is 11.1 Å².